The fourth-order valence-electron chi connectivity index (χ4n) is 12.4. The fraction of sp³-hybridized carbons (Fsp3) is 0.108. The van der Waals surface area contributed by atoms with E-state index in [1.807, 2.05) is 0 Å². The normalized spacial score (nSPS) is 14.2. The molecule has 1 spiro atoms. The lowest BCUT2D eigenvalue weighted by atomic mass is 9.36. The van der Waals surface area contributed by atoms with Crippen LogP contribution in [0.2, 0.25) is 0 Å². The summed E-state index contributed by atoms with van der Waals surface area (Å²) in [5.41, 5.74) is 27.8. The standard InChI is InChI=1S/C65H49BN2S/c1-40-27-32-46(33-28-40)68-57-26-16-25-56-60(57)66(55-36-30-43(38-58(55)67(56)45-19-10-7-11-20-45)51-37-41(2)29-34-47(51)42-17-8-6-9-18-42)63-61(68)59-50-35-31-44(64(3,4)5)39-54(50)65(62(59)69-63)52-23-14-12-21-48(52)49-22-13-15-24-53(49)65/h6-39H,1-5H3. The average molecular weight is 901 g/mol. The van der Waals surface area contributed by atoms with E-state index in [-0.39, 0.29) is 12.1 Å². The maximum atomic E-state index is 2.63. The lowest BCUT2D eigenvalue weighted by Gasteiger charge is -2.43. The van der Waals surface area contributed by atoms with E-state index in [2.05, 4.69) is 262 Å². The maximum absolute atomic E-state index is 2.63. The number of anilines is 6. The second-order valence-corrected chi connectivity index (χ2v) is 21.6. The van der Waals surface area contributed by atoms with Crippen molar-refractivity contribution in [3.8, 4) is 44.5 Å². The van der Waals surface area contributed by atoms with Crippen molar-refractivity contribution in [2.75, 3.05) is 9.80 Å². The summed E-state index contributed by atoms with van der Waals surface area (Å²) < 4.78 is 1.40. The Bertz CT molecular complexity index is 3700. The van der Waals surface area contributed by atoms with Gasteiger partial charge in [-0.05, 0) is 134 Å². The number of benzene rings is 9. The molecule has 0 saturated heterocycles. The first kappa shape index (κ1) is 40.4. The second-order valence-electron chi connectivity index (χ2n) is 20.5. The predicted octanol–water partition coefficient (Wildman–Crippen LogP) is 15.4. The number of aryl methyl sites for hydroxylation is 2. The maximum Gasteiger partial charge on any atom is 0.264 e. The summed E-state index contributed by atoms with van der Waals surface area (Å²) in [5.74, 6) is 0. The van der Waals surface area contributed by atoms with E-state index < -0.39 is 5.41 Å². The monoisotopic (exact) mass is 900 g/mol. The number of para-hydroxylation sites is 1. The highest BCUT2D eigenvalue weighted by atomic mass is 32.1. The molecule has 2 aliphatic carbocycles. The SMILES string of the molecule is Cc1ccc(N2c3cccc4c3B(c3ccc(-c5cc(C)ccc5-c5ccccc5)cc3N4c3ccccc3)c3sc4c(c32)-c2ccc(C(C)(C)C)cc2C42c3ccccc3-c3ccccc32)cc1. The Labute approximate surface area is 409 Å². The Morgan fingerprint density at radius 2 is 1.07 bits per heavy atom. The Balaban J connectivity index is 1.10. The van der Waals surface area contributed by atoms with Gasteiger partial charge in [-0.25, -0.2) is 0 Å². The van der Waals surface area contributed by atoms with E-state index in [1.54, 1.807) is 0 Å². The molecule has 4 aliphatic rings. The lowest BCUT2D eigenvalue weighted by Crippen LogP contribution is -2.60. The summed E-state index contributed by atoms with van der Waals surface area (Å²) >= 11 is 2.06. The molecule has 14 rings (SSSR count). The molecule has 69 heavy (non-hydrogen) atoms. The van der Waals surface area contributed by atoms with Gasteiger partial charge in [0.25, 0.3) is 6.71 Å². The van der Waals surface area contributed by atoms with Gasteiger partial charge >= 0.3 is 0 Å². The molecular formula is C65H49BN2S. The molecule has 3 heterocycles. The first-order valence-corrected chi connectivity index (χ1v) is 25.2. The quantitative estimate of drug-likeness (QED) is 0.162. The number of hydrogen-bond donors (Lipinski definition) is 0. The lowest BCUT2D eigenvalue weighted by molar-refractivity contribution is 0.588. The summed E-state index contributed by atoms with van der Waals surface area (Å²) in [5, 5.41) is 0. The largest absolute Gasteiger partial charge is 0.311 e. The van der Waals surface area contributed by atoms with Gasteiger partial charge in [-0.3, -0.25) is 0 Å². The molecule has 0 atom stereocenters. The van der Waals surface area contributed by atoms with Crippen molar-refractivity contribution in [1.82, 2.24) is 0 Å². The summed E-state index contributed by atoms with van der Waals surface area (Å²) in [6.07, 6.45) is 0. The minimum Gasteiger partial charge on any atom is -0.311 e. The van der Waals surface area contributed by atoms with Crippen molar-refractivity contribution in [3.63, 3.8) is 0 Å². The molecule has 0 radical (unpaired) electrons. The molecule has 10 aromatic rings. The van der Waals surface area contributed by atoms with Crippen molar-refractivity contribution in [2.24, 2.45) is 0 Å². The van der Waals surface area contributed by atoms with Gasteiger partial charge in [0.15, 0.2) is 0 Å². The van der Waals surface area contributed by atoms with Gasteiger partial charge < -0.3 is 9.80 Å². The summed E-state index contributed by atoms with van der Waals surface area (Å²) in [4.78, 5) is 6.60. The molecule has 0 N–H and O–H groups in total. The van der Waals surface area contributed by atoms with E-state index in [4.69, 9.17) is 0 Å². The topological polar surface area (TPSA) is 6.48 Å². The van der Waals surface area contributed by atoms with E-state index in [1.165, 1.54) is 127 Å². The molecule has 4 heteroatoms. The zero-order valence-electron chi connectivity index (χ0n) is 39.5. The molecule has 0 unspecified atom stereocenters. The highest BCUT2D eigenvalue weighted by Crippen LogP contribution is 2.67. The number of nitrogens with zero attached hydrogens (tertiary/aromatic N) is 2. The number of thiophene rings is 1. The van der Waals surface area contributed by atoms with Crippen molar-refractivity contribution < 1.29 is 0 Å². The van der Waals surface area contributed by atoms with Gasteiger partial charge in [-0.1, -0.05) is 196 Å². The molecule has 0 fully saturated rings. The number of rotatable bonds is 4. The van der Waals surface area contributed by atoms with Crippen molar-refractivity contribution in [2.45, 2.75) is 45.4 Å². The molecule has 0 bridgehead atoms. The molecule has 2 aliphatic heterocycles. The van der Waals surface area contributed by atoms with Crippen molar-refractivity contribution >= 4 is 67.9 Å². The van der Waals surface area contributed by atoms with Crippen LogP contribution in [0.5, 0.6) is 0 Å². The third-order valence-electron chi connectivity index (χ3n) is 15.5. The van der Waals surface area contributed by atoms with Gasteiger partial charge in [0.2, 0.25) is 0 Å². The zero-order chi connectivity index (χ0) is 46.3. The van der Waals surface area contributed by atoms with Crippen LogP contribution >= 0.6 is 11.3 Å². The predicted molar refractivity (Wildman–Crippen MR) is 294 cm³/mol. The molecule has 0 amide bonds. The Kier molecular flexibility index (Phi) is 8.60. The first-order chi connectivity index (χ1) is 33.7. The van der Waals surface area contributed by atoms with Gasteiger partial charge in [0.1, 0.15) is 0 Å². The second kappa shape index (κ2) is 14.7. The third kappa shape index (κ3) is 5.61. The summed E-state index contributed by atoms with van der Waals surface area (Å²) in [6, 6.07) is 78.4. The van der Waals surface area contributed by atoms with Crippen LogP contribution in [0, 0.1) is 13.8 Å². The number of hydrogen-bond acceptors (Lipinski definition) is 3. The van der Waals surface area contributed by atoms with Crippen LogP contribution in [0.15, 0.2) is 206 Å². The Morgan fingerprint density at radius 1 is 0.449 bits per heavy atom. The van der Waals surface area contributed by atoms with Crippen LogP contribution in [0.1, 0.15) is 59.0 Å². The van der Waals surface area contributed by atoms with E-state index in [0.717, 1.165) is 5.69 Å². The third-order valence-corrected chi connectivity index (χ3v) is 16.9. The van der Waals surface area contributed by atoms with E-state index >= 15 is 0 Å². The smallest absolute Gasteiger partial charge is 0.264 e. The molecule has 0 saturated carbocycles. The van der Waals surface area contributed by atoms with Crippen LogP contribution in [0.25, 0.3) is 44.5 Å². The van der Waals surface area contributed by atoms with E-state index in [0.29, 0.717) is 0 Å². The summed E-state index contributed by atoms with van der Waals surface area (Å²) in [6.45, 7) is 11.4. The molecule has 2 nitrogen and oxygen atoms in total. The fourth-order valence-corrected chi connectivity index (χ4v) is 14.1. The van der Waals surface area contributed by atoms with Gasteiger partial charge in [0, 0.05) is 43.7 Å². The minimum atomic E-state index is -0.481. The van der Waals surface area contributed by atoms with Crippen LogP contribution in [0.3, 0.4) is 0 Å². The van der Waals surface area contributed by atoms with Gasteiger partial charge in [-0.15, -0.1) is 11.3 Å². The van der Waals surface area contributed by atoms with Gasteiger partial charge in [-0.2, -0.15) is 0 Å². The molecule has 1 aromatic heterocycles. The molecule has 9 aromatic carbocycles. The highest BCUT2D eigenvalue weighted by molar-refractivity contribution is 7.30. The van der Waals surface area contributed by atoms with Gasteiger partial charge in [0.05, 0.1) is 11.1 Å². The number of fused-ring (bicyclic) bond motifs is 15. The van der Waals surface area contributed by atoms with E-state index in [9.17, 15) is 0 Å². The van der Waals surface area contributed by atoms with Crippen molar-refractivity contribution in [3.05, 3.63) is 245 Å². The van der Waals surface area contributed by atoms with Crippen LogP contribution < -0.4 is 25.5 Å². The van der Waals surface area contributed by atoms with Crippen molar-refractivity contribution in [1.29, 1.82) is 0 Å². The molecule has 328 valence electrons. The highest BCUT2D eigenvalue weighted by Gasteiger charge is 2.57. The Hall–Kier alpha value is -7.66. The zero-order valence-corrected chi connectivity index (χ0v) is 40.3. The molecular weight excluding hydrogens is 852 g/mol. The average Bonchev–Trinajstić information content (AvgIpc) is 4.01. The van der Waals surface area contributed by atoms with Crippen LogP contribution in [0.4, 0.5) is 34.1 Å². The first-order valence-electron chi connectivity index (χ1n) is 24.4. The van der Waals surface area contributed by atoms with Crippen LogP contribution in [-0.4, -0.2) is 6.71 Å². The minimum absolute atomic E-state index is 0.0140. The van der Waals surface area contributed by atoms with Crippen LogP contribution in [-0.2, 0) is 10.8 Å². The Morgan fingerprint density at radius 3 is 1.78 bits per heavy atom. The summed E-state index contributed by atoms with van der Waals surface area (Å²) in [7, 11) is 0.